The summed E-state index contributed by atoms with van der Waals surface area (Å²) in [4.78, 5) is 18.0. The first-order chi connectivity index (χ1) is 10.1. The highest BCUT2D eigenvalue weighted by Gasteiger charge is 2.16. The van der Waals surface area contributed by atoms with Gasteiger partial charge in [0.05, 0.1) is 19.1 Å². The Morgan fingerprint density at radius 2 is 2.29 bits per heavy atom. The number of hydrogen-bond donors (Lipinski definition) is 2. The van der Waals surface area contributed by atoms with Crippen LogP contribution in [0.1, 0.15) is 35.9 Å². The molecule has 0 unspecified atom stereocenters. The van der Waals surface area contributed by atoms with Crippen LogP contribution in [0.5, 0.6) is 0 Å². The van der Waals surface area contributed by atoms with Crippen molar-refractivity contribution in [3.05, 3.63) is 39.6 Å². The van der Waals surface area contributed by atoms with Crippen molar-refractivity contribution >= 4 is 23.6 Å². The number of aliphatic hydroxyl groups is 1. The number of hydrogen-bond acceptors (Lipinski definition) is 3. The van der Waals surface area contributed by atoms with Gasteiger partial charge in [0.25, 0.3) is 5.70 Å². The van der Waals surface area contributed by atoms with Crippen molar-refractivity contribution in [2.24, 2.45) is 0 Å². The minimum absolute atomic E-state index is 0.0731. The zero-order valence-corrected chi connectivity index (χ0v) is 13.0. The van der Waals surface area contributed by atoms with Gasteiger partial charge in [0.2, 0.25) is 0 Å². The Morgan fingerprint density at radius 3 is 2.81 bits per heavy atom. The molecule has 21 heavy (non-hydrogen) atoms. The van der Waals surface area contributed by atoms with Crippen LogP contribution in [0.15, 0.2) is 5.70 Å². The van der Waals surface area contributed by atoms with E-state index in [9.17, 15) is 4.79 Å². The molecule has 0 spiro atoms. The quantitative estimate of drug-likeness (QED) is 0.352. The molecule has 0 aliphatic carbocycles. The molecule has 1 aromatic heterocycles. The standard InChI is InChI=1S/C15H19ClN2O3/c1-4-21-15(20)13(17-3)8-12-10(2)11(6-5-7-19)14(9-16)18-12/h8,18-19H,4-7,9H2,1-2H3/b13-8-. The second-order valence-corrected chi connectivity index (χ2v) is 4.71. The zero-order valence-electron chi connectivity index (χ0n) is 12.2. The summed E-state index contributed by atoms with van der Waals surface area (Å²) in [6.45, 7) is 11.0. The highest BCUT2D eigenvalue weighted by Crippen LogP contribution is 2.24. The van der Waals surface area contributed by atoms with E-state index in [0.717, 1.165) is 16.8 Å². The van der Waals surface area contributed by atoms with E-state index < -0.39 is 5.97 Å². The molecular formula is C15H19ClN2O3. The van der Waals surface area contributed by atoms with Crippen molar-refractivity contribution in [1.82, 2.24) is 4.98 Å². The van der Waals surface area contributed by atoms with Crippen molar-refractivity contribution in [2.75, 3.05) is 13.2 Å². The number of carbonyl (C=O) groups excluding carboxylic acids is 1. The van der Waals surface area contributed by atoms with Gasteiger partial charge in [0.15, 0.2) is 0 Å². The monoisotopic (exact) mass is 310 g/mol. The molecule has 0 aliphatic rings. The Bertz CT molecular complexity index is 570. The first kappa shape index (κ1) is 17.3. The third-order valence-electron chi connectivity index (χ3n) is 3.11. The highest BCUT2D eigenvalue weighted by atomic mass is 35.5. The van der Waals surface area contributed by atoms with E-state index in [0.29, 0.717) is 24.4 Å². The van der Waals surface area contributed by atoms with Gasteiger partial charge in [0.1, 0.15) is 0 Å². The van der Waals surface area contributed by atoms with Crippen molar-refractivity contribution in [1.29, 1.82) is 0 Å². The molecule has 0 aliphatic heterocycles. The van der Waals surface area contributed by atoms with Gasteiger partial charge in [-0.05, 0) is 43.9 Å². The van der Waals surface area contributed by atoms with Crippen molar-refractivity contribution in [3.63, 3.8) is 0 Å². The largest absolute Gasteiger partial charge is 0.471 e. The fraction of sp³-hybridized carbons (Fsp3) is 0.467. The maximum atomic E-state index is 11.6. The number of nitrogens with zero attached hydrogens (tertiary/aromatic N) is 1. The molecular weight excluding hydrogens is 292 g/mol. The molecule has 0 bridgehead atoms. The summed E-state index contributed by atoms with van der Waals surface area (Å²) in [5.74, 6) is -0.326. The third kappa shape index (κ3) is 4.35. The molecule has 0 atom stereocenters. The van der Waals surface area contributed by atoms with Crippen LogP contribution < -0.4 is 0 Å². The lowest BCUT2D eigenvalue weighted by Gasteiger charge is -2.02. The molecule has 5 nitrogen and oxygen atoms in total. The first-order valence-corrected chi connectivity index (χ1v) is 7.25. The van der Waals surface area contributed by atoms with Gasteiger partial charge in [0, 0.05) is 18.0 Å². The number of aromatic amines is 1. The van der Waals surface area contributed by atoms with E-state index in [1.165, 1.54) is 6.08 Å². The van der Waals surface area contributed by atoms with E-state index in [4.69, 9.17) is 28.0 Å². The number of halogens is 1. The van der Waals surface area contributed by atoms with Gasteiger partial charge >= 0.3 is 5.97 Å². The fourth-order valence-corrected chi connectivity index (χ4v) is 2.28. The van der Waals surface area contributed by atoms with Crippen molar-refractivity contribution < 1.29 is 14.6 Å². The number of nitrogens with one attached hydrogen (secondary N) is 1. The summed E-state index contributed by atoms with van der Waals surface area (Å²) in [5, 5.41) is 8.95. The second-order valence-electron chi connectivity index (χ2n) is 4.44. The number of rotatable bonds is 7. The minimum atomic E-state index is -0.633. The summed E-state index contributed by atoms with van der Waals surface area (Å²) in [6.07, 6.45) is 2.82. The molecule has 0 radical (unpaired) electrons. The normalized spacial score (nSPS) is 11.3. The molecule has 0 saturated heterocycles. The lowest BCUT2D eigenvalue weighted by atomic mass is 10.0. The number of aliphatic hydroxyl groups excluding tert-OH is 1. The average molecular weight is 311 g/mol. The number of carbonyl (C=O) groups is 1. The first-order valence-electron chi connectivity index (χ1n) is 6.72. The third-order valence-corrected chi connectivity index (χ3v) is 3.38. The molecule has 0 amide bonds. The van der Waals surface area contributed by atoms with E-state index in [1.807, 2.05) is 6.92 Å². The molecule has 1 aromatic rings. The number of ether oxygens (including phenoxy) is 1. The Kier molecular flexibility index (Phi) is 7.00. The van der Waals surface area contributed by atoms with Gasteiger partial charge in [-0.25, -0.2) is 4.85 Å². The minimum Gasteiger partial charge on any atom is -0.471 e. The lowest BCUT2D eigenvalue weighted by molar-refractivity contribution is -0.138. The van der Waals surface area contributed by atoms with Crippen LogP contribution in [0.4, 0.5) is 0 Å². The molecule has 2 N–H and O–H groups in total. The number of esters is 1. The van der Waals surface area contributed by atoms with Gasteiger partial charge in [-0.15, -0.1) is 11.6 Å². The van der Waals surface area contributed by atoms with Crippen molar-refractivity contribution in [3.8, 4) is 0 Å². The van der Waals surface area contributed by atoms with Crippen LogP contribution in [0.3, 0.4) is 0 Å². The lowest BCUT2D eigenvalue weighted by Crippen LogP contribution is -2.05. The molecule has 114 valence electrons. The van der Waals surface area contributed by atoms with Gasteiger partial charge in [-0.2, -0.15) is 0 Å². The van der Waals surface area contributed by atoms with Gasteiger partial charge in [-0.1, -0.05) is 0 Å². The van der Waals surface area contributed by atoms with Crippen LogP contribution in [-0.4, -0.2) is 29.3 Å². The highest BCUT2D eigenvalue weighted by molar-refractivity contribution is 6.17. The maximum Gasteiger partial charge on any atom is 0.336 e. The summed E-state index contributed by atoms with van der Waals surface area (Å²) >= 11 is 5.91. The van der Waals surface area contributed by atoms with Crippen molar-refractivity contribution in [2.45, 2.75) is 32.6 Å². The summed E-state index contributed by atoms with van der Waals surface area (Å²) in [7, 11) is 0. The Morgan fingerprint density at radius 1 is 1.57 bits per heavy atom. The van der Waals surface area contributed by atoms with Gasteiger partial charge in [-0.3, -0.25) is 4.79 Å². The fourth-order valence-electron chi connectivity index (χ4n) is 2.05. The maximum absolute atomic E-state index is 11.6. The van der Waals surface area contributed by atoms with Crippen LogP contribution in [0, 0.1) is 13.5 Å². The molecule has 0 aromatic carbocycles. The number of aromatic nitrogens is 1. The summed E-state index contributed by atoms with van der Waals surface area (Å²) < 4.78 is 4.84. The van der Waals surface area contributed by atoms with E-state index in [2.05, 4.69) is 9.83 Å². The molecule has 0 fully saturated rings. The van der Waals surface area contributed by atoms with Crippen LogP contribution in [0.2, 0.25) is 0 Å². The topological polar surface area (TPSA) is 66.7 Å². The summed E-state index contributed by atoms with van der Waals surface area (Å²) in [6, 6.07) is 0. The Labute approximate surface area is 129 Å². The van der Waals surface area contributed by atoms with Crippen LogP contribution in [-0.2, 0) is 21.8 Å². The summed E-state index contributed by atoms with van der Waals surface area (Å²) in [5.41, 5.74) is 3.42. The van der Waals surface area contributed by atoms with Crippen LogP contribution >= 0.6 is 11.6 Å². The second kappa shape index (κ2) is 8.50. The zero-order chi connectivity index (χ0) is 15.8. The number of H-pyrrole nitrogens is 1. The number of alkyl halides is 1. The average Bonchev–Trinajstić information content (AvgIpc) is 2.78. The molecule has 6 heteroatoms. The Balaban J connectivity index is 3.16. The van der Waals surface area contributed by atoms with Crippen LogP contribution in [0.25, 0.3) is 10.9 Å². The van der Waals surface area contributed by atoms with Gasteiger partial charge < -0.3 is 14.8 Å². The predicted molar refractivity (Wildman–Crippen MR) is 81.7 cm³/mol. The van der Waals surface area contributed by atoms with E-state index in [-0.39, 0.29) is 18.9 Å². The van der Waals surface area contributed by atoms with E-state index >= 15 is 0 Å². The smallest absolute Gasteiger partial charge is 0.336 e. The SMILES string of the molecule is [C-]#[N+]/C(=C\c1[nH]c(CCl)c(CCCO)c1C)C(=O)OCC. The molecule has 0 saturated carbocycles. The predicted octanol–water partition coefficient (Wildman–Crippen LogP) is 2.81. The van der Waals surface area contributed by atoms with E-state index in [1.54, 1.807) is 6.92 Å². The molecule has 1 rings (SSSR count). The molecule has 1 heterocycles. The Hall–Kier alpha value is -1.77.